The summed E-state index contributed by atoms with van der Waals surface area (Å²) in [4.78, 5) is 26.3. The molecule has 1 unspecified atom stereocenters. The number of hydrogen-bond acceptors (Lipinski definition) is 3. The van der Waals surface area contributed by atoms with Crippen LogP contribution in [0, 0.1) is 0 Å². The topological polar surface area (TPSA) is 79.3 Å². The number of amides is 1. The molecule has 0 spiro atoms. The second kappa shape index (κ2) is 8.02. The Hall–Kier alpha value is -2.17. The first kappa shape index (κ1) is 14.9. The second-order valence-corrected chi connectivity index (χ2v) is 4.21. The third-order valence-corrected chi connectivity index (χ3v) is 2.52. The maximum atomic E-state index is 11.7. The van der Waals surface area contributed by atoms with E-state index in [1.165, 1.54) is 6.08 Å². The first-order valence-corrected chi connectivity index (χ1v) is 6.22. The van der Waals surface area contributed by atoms with Crippen molar-refractivity contribution >= 4 is 18.0 Å². The van der Waals surface area contributed by atoms with Gasteiger partial charge in [0, 0.05) is 24.5 Å². The normalized spacial score (nSPS) is 12.3. The zero-order valence-electron chi connectivity index (χ0n) is 10.9. The molecule has 0 saturated heterocycles. The largest absolute Gasteiger partial charge is 0.481 e. The summed E-state index contributed by atoms with van der Waals surface area (Å²) in [6, 6.07) is 3.29. The van der Waals surface area contributed by atoms with Gasteiger partial charge in [-0.1, -0.05) is 19.4 Å². The maximum absolute atomic E-state index is 11.7. The molecule has 5 heteroatoms. The molecule has 5 nitrogen and oxygen atoms in total. The van der Waals surface area contributed by atoms with Crippen molar-refractivity contribution in [3.8, 4) is 0 Å². The molecule has 102 valence electrons. The Morgan fingerprint density at radius 1 is 1.53 bits per heavy atom. The average Bonchev–Trinajstić information content (AvgIpc) is 2.37. The number of carboxylic acids is 1. The molecule has 0 aliphatic rings. The van der Waals surface area contributed by atoms with Gasteiger partial charge in [-0.15, -0.1) is 0 Å². The van der Waals surface area contributed by atoms with Crippen LogP contribution in [0.1, 0.15) is 31.7 Å². The van der Waals surface area contributed by atoms with Gasteiger partial charge >= 0.3 is 5.97 Å². The van der Waals surface area contributed by atoms with Crippen molar-refractivity contribution in [3.05, 3.63) is 36.2 Å². The minimum Gasteiger partial charge on any atom is -0.481 e. The van der Waals surface area contributed by atoms with Crippen LogP contribution in [0.25, 0.3) is 6.08 Å². The number of carbonyl (C=O) groups excluding carboxylic acids is 1. The van der Waals surface area contributed by atoms with Crippen molar-refractivity contribution in [2.24, 2.45) is 0 Å². The van der Waals surface area contributed by atoms with Crippen LogP contribution in [-0.2, 0) is 9.59 Å². The monoisotopic (exact) mass is 262 g/mol. The maximum Gasteiger partial charge on any atom is 0.305 e. The lowest BCUT2D eigenvalue weighted by Crippen LogP contribution is -2.35. The highest BCUT2D eigenvalue weighted by Crippen LogP contribution is 2.03. The van der Waals surface area contributed by atoms with E-state index in [9.17, 15) is 9.59 Å². The van der Waals surface area contributed by atoms with Crippen molar-refractivity contribution in [3.63, 3.8) is 0 Å². The highest BCUT2D eigenvalue weighted by molar-refractivity contribution is 5.92. The van der Waals surface area contributed by atoms with Gasteiger partial charge in [0.1, 0.15) is 0 Å². The van der Waals surface area contributed by atoms with Crippen LogP contribution in [0.15, 0.2) is 30.6 Å². The van der Waals surface area contributed by atoms with Crippen molar-refractivity contribution in [2.45, 2.75) is 32.2 Å². The van der Waals surface area contributed by atoms with Crippen LogP contribution in [0.4, 0.5) is 0 Å². The van der Waals surface area contributed by atoms with Crippen LogP contribution < -0.4 is 5.32 Å². The summed E-state index contributed by atoms with van der Waals surface area (Å²) < 4.78 is 0. The number of nitrogens with zero attached hydrogens (tertiary/aromatic N) is 1. The fourth-order valence-corrected chi connectivity index (χ4v) is 1.68. The summed E-state index contributed by atoms with van der Waals surface area (Å²) in [5, 5.41) is 11.4. The van der Waals surface area contributed by atoms with Gasteiger partial charge in [0.2, 0.25) is 5.91 Å². The Morgan fingerprint density at radius 3 is 2.89 bits per heavy atom. The van der Waals surface area contributed by atoms with Gasteiger partial charge < -0.3 is 10.4 Å². The predicted octanol–water partition coefficient (Wildman–Crippen LogP) is 1.85. The van der Waals surface area contributed by atoms with Gasteiger partial charge in [0.05, 0.1) is 6.42 Å². The van der Waals surface area contributed by atoms with Gasteiger partial charge in [0.25, 0.3) is 0 Å². The molecule has 0 radical (unpaired) electrons. The lowest BCUT2D eigenvalue weighted by Gasteiger charge is -2.14. The predicted molar refractivity (Wildman–Crippen MR) is 72.4 cm³/mol. The molecule has 2 N–H and O–H groups in total. The number of carbonyl (C=O) groups is 2. The fourth-order valence-electron chi connectivity index (χ4n) is 1.68. The van der Waals surface area contributed by atoms with Crippen LogP contribution in [0.5, 0.6) is 0 Å². The number of nitrogens with one attached hydrogen (secondary N) is 1. The summed E-state index contributed by atoms with van der Waals surface area (Å²) in [6.45, 7) is 1.95. The van der Waals surface area contributed by atoms with Crippen molar-refractivity contribution in [1.82, 2.24) is 10.3 Å². The molecule has 1 aromatic heterocycles. The third-order valence-electron chi connectivity index (χ3n) is 2.52. The highest BCUT2D eigenvalue weighted by Gasteiger charge is 2.13. The standard InChI is InChI=1S/C14H18N2O3/c1-2-4-12(9-14(18)19)16-13(17)7-6-11-5-3-8-15-10-11/h3,5-8,10,12H,2,4,9H2,1H3,(H,16,17)(H,18,19)/b7-6+. The van der Waals surface area contributed by atoms with E-state index in [1.807, 2.05) is 13.0 Å². The highest BCUT2D eigenvalue weighted by atomic mass is 16.4. The van der Waals surface area contributed by atoms with Gasteiger partial charge in [-0.25, -0.2) is 0 Å². The molecule has 19 heavy (non-hydrogen) atoms. The van der Waals surface area contributed by atoms with E-state index in [0.717, 1.165) is 12.0 Å². The average molecular weight is 262 g/mol. The molecule has 1 amide bonds. The fraction of sp³-hybridized carbons (Fsp3) is 0.357. The number of rotatable bonds is 7. The van der Waals surface area contributed by atoms with Crippen LogP contribution in [-0.4, -0.2) is 28.0 Å². The summed E-state index contributed by atoms with van der Waals surface area (Å²) >= 11 is 0. The lowest BCUT2D eigenvalue weighted by molar-refractivity contribution is -0.137. The van der Waals surface area contributed by atoms with Crippen LogP contribution in [0.2, 0.25) is 0 Å². The third kappa shape index (κ3) is 6.35. The smallest absolute Gasteiger partial charge is 0.305 e. The summed E-state index contributed by atoms with van der Waals surface area (Å²) in [7, 11) is 0. The summed E-state index contributed by atoms with van der Waals surface area (Å²) in [5.41, 5.74) is 0.822. The quantitative estimate of drug-likeness (QED) is 0.735. The van der Waals surface area contributed by atoms with Gasteiger partial charge in [-0.3, -0.25) is 14.6 Å². The van der Waals surface area contributed by atoms with Crippen molar-refractivity contribution in [1.29, 1.82) is 0 Å². The molecule has 0 aromatic carbocycles. The Labute approximate surface area is 112 Å². The number of pyridine rings is 1. The van der Waals surface area contributed by atoms with Crippen LogP contribution >= 0.6 is 0 Å². The molecule has 1 rings (SSSR count). The molecule has 0 saturated carbocycles. The molecule has 0 aliphatic carbocycles. The molecule has 0 aliphatic heterocycles. The zero-order chi connectivity index (χ0) is 14.1. The number of hydrogen-bond donors (Lipinski definition) is 2. The van der Waals surface area contributed by atoms with E-state index in [0.29, 0.717) is 6.42 Å². The molecule has 1 heterocycles. The van der Waals surface area contributed by atoms with E-state index >= 15 is 0 Å². The lowest BCUT2D eigenvalue weighted by atomic mass is 10.1. The van der Waals surface area contributed by atoms with Gasteiger partial charge in [-0.05, 0) is 24.1 Å². The Balaban J connectivity index is 2.52. The van der Waals surface area contributed by atoms with E-state index in [2.05, 4.69) is 10.3 Å². The molecule has 0 bridgehead atoms. The van der Waals surface area contributed by atoms with E-state index in [1.54, 1.807) is 24.5 Å². The minimum atomic E-state index is -0.907. The number of aliphatic carboxylic acids is 1. The summed E-state index contributed by atoms with van der Waals surface area (Å²) in [6.07, 6.45) is 7.75. The van der Waals surface area contributed by atoms with E-state index in [-0.39, 0.29) is 18.4 Å². The molecule has 1 aromatic rings. The number of aromatic nitrogens is 1. The molecule has 1 atom stereocenters. The Kier molecular flexibility index (Phi) is 6.29. The van der Waals surface area contributed by atoms with E-state index in [4.69, 9.17) is 5.11 Å². The SMILES string of the molecule is CCCC(CC(=O)O)NC(=O)/C=C/c1cccnc1. The number of carboxylic acid groups (broad SMARTS) is 1. The van der Waals surface area contributed by atoms with Crippen LogP contribution in [0.3, 0.4) is 0 Å². The molecular weight excluding hydrogens is 244 g/mol. The zero-order valence-corrected chi connectivity index (χ0v) is 10.9. The second-order valence-electron chi connectivity index (χ2n) is 4.21. The van der Waals surface area contributed by atoms with Gasteiger partial charge in [-0.2, -0.15) is 0 Å². The minimum absolute atomic E-state index is 0.0552. The van der Waals surface area contributed by atoms with Crippen molar-refractivity contribution < 1.29 is 14.7 Å². The van der Waals surface area contributed by atoms with E-state index < -0.39 is 5.97 Å². The summed E-state index contributed by atoms with van der Waals surface area (Å²) in [5.74, 6) is -1.20. The molecular formula is C14H18N2O3. The first-order chi connectivity index (χ1) is 9.11. The van der Waals surface area contributed by atoms with Gasteiger partial charge in [0.15, 0.2) is 0 Å². The van der Waals surface area contributed by atoms with Crippen molar-refractivity contribution in [2.75, 3.05) is 0 Å². The Bertz CT molecular complexity index is 443. The Morgan fingerprint density at radius 2 is 2.32 bits per heavy atom. The molecule has 0 fully saturated rings. The first-order valence-electron chi connectivity index (χ1n) is 6.22.